The maximum Gasteiger partial charge on any atom is 0.363 e. The van der Waals surface area contributed by atoms with Gasteiger partial charge in [-0.15, -0.1) is 0 Å². The summed E-state index contributed by atoms with van der Waals surface area (Å²) in [4.78, 5) is 0. The first-order valence-corrected chi connectivity index (χ1v) is 15.3. The Morgan fingerprint density at radius 1 is 0.848 bits per heavy atom. The summed E-state index contributed by atoms with van der Waals surface area (Å²) >= 11 is 3.45. The predicted octanol–water partition coefficient (Wildman–Crippen LogP) is 8.59. The van der Waals surface area contributed by atoms with Crippen LogP contribution in [0.15, 0.2) is 28.7 Å². The zero-order valence-electron chi connectivity index (χ0n) is 21.2. The van der Waals surface area contributed by atoms with Crippen molar-refractivity contribution in [2.45, 2.75) is 98.1 Å². The van der Waals surface area contributed by atoms with Gasteiger partial charge in [0, 0.05) is 4.47 Å². The maximum atomic E-state index is 14.6. The molecule has 2 aliphatic carbocycles. The molecular weight excluding hydrogens is 499 g/mol. The number of hydrogen-bond acceptors (Lipinski definition) is 4. The normalized spacial score (nSPS) is 33.8. The van der Waals surface area contributed by atoms with Gasteiger partial charge >= 0.3 is 7.60 Å². The molecule has 2 saturated carbocycles. The van der Waals surface area contributed by atoms with Crippen LogP contribution in [-0.2, 0) is 13.6 Å². The molecule has 2 aliphatic rings. The van der Waals surface area contributed by atoms with Crippen molar-refractivity contribution >= 4 is 23.5 Å². The van der Waals surface area contributed by atoms with Crippen molar-refractivity contribution < 1.29 is 18.7 Å². The highest BCUT2D eigenvalue weighted by molar-refractivity contribution is 9.10. The van der Waals surface area contributed by atoms with Crippen LogP contribution in [0.2, 0.25) is 0 Å². The van der Waals surface area contributed by atoms with Gasteiger partial charge in [0.15, 0.2) is 5.85 Å². The molecule has 1 aromatic carbocycles. The number of benzene rings is 1. The molecule has 0 bridgehead atoms. The summed E-state index contributed by atoms with van der Waals surface area (Å²) in [6, 6.07) is 7.34. The Hall–Kier alpha value is -0.190. The van der Waals surface area contributed by atoms with E-state index in [0.717, 1.165) is 30.2 Å². The van der Waals surface area contributed by atoms with E-state index in [1.54, 1.807) is 12.1 Å². The fraction of sp³-hybridized carbons (Fsp3) is 0.778. The van der Waals surface area contributed by atoms with E-state index in [-0.39, 0.29) is 12.2 Å². The van der Waals surface area contributed by atoms with Crippen LogP contribution in [0.3, 0.4) is 0 Å². The second-order valence-corrected chi connectivity index (χ2v) is 14.3. The monoisotopic (exact) mass is 542 g/mol. The molecule has 2 fully saturated rings. The first kappa shape index (κ1) is 27.4. The Morgan fingerprint density at radius 2 is 1.27 bits per heavy atom. The second kappa shape index (κ2) is 11.7. The van der Waals surface area contributed by atoms with E-state index in [9.17, 15) is 9.67 Å². The molecule has 0 spiro atoms. The molecule has 6 heteroatoms. The van der Waals surface area contributed by atoms with Crippen molar-refractivity contribution in [3.8, 4) is 0 Å². The van der Waals surface area contributed by atoms with Crippen LogP contribution in [0.5, 0.6) is 0 Å². The Balaban J connectivity index is 1.94. The van der Waals surface area contributed by atoms with Crippen LogP contribution >= 0.6 is 23.5 Å². The molecule has 3 rings (SSSR count). The van der Waals surface area contributed by atoms with Crippen molar-refractivity contribution in [3.63, 3.8) is 0 Å². The lowest BCUT2D eigenvalue weighted by Crippen LogP contribution is -2.37. The third kappa shape index (κ3) is 6.94. The van der Waals surface area contributed by atoms with E-state index >= 15 is 0 Å². The minimum atomic E-state index is -3.85. The second-order valence-electron chi connectivity index (χ2n) is 11.4. The molecule has 33 heavy (non-hydrogen) atoms. The minimum Gasteiger partial charge on any atom is -0.376 e. The molecule has 0 aromatic heterocycles. The smallest absolute Gasteiger partial charge is 0.363 e. The molecule has 188 valence electrons. The number of halogens is 1. The standard InChI is InChI=1S/C27H44BrO4P/c1-17(2)23-13-7-19(5)15-25(23)31-33(30,27(29)21-9-11-22(28)12-10-21)32-26-16-20(6)8-14-24(26)18(3)4/h9-12,17-20,23-27,29H,7-8,13-16H2,1-6H3/t19-,20+,23+,24-,25-,26-,27+,33?/m1/s1. The summed E-state index contributed by atoms with van der Waals surface area (Å²) in [6.07, 6.45) is 5.85. The number of aliphatic hydroxyl groups is 1. The van der Waals surface area contributed by atoms with Crippen molar-refractivity contribution in [1.29, 1.82) is 0 Å². The third-order valence-corrected chi connectivity index (χ3v) is 10.5. The lowest BCUT2D eigenvalue weighted by atomic mass is 9.75. The minimum absolute atomic E-state index is 0.164. The molecule has 1 N–H and O–H groups in total. The highest BCUT2D eigenvalue weighted by atomic mass is 79.9. The van der Waals surface area contributed by atoms with E-state index < -0.39 is 13.4 Å². The van der Waals surface area contributed by atoms with Gasteiger partial charge < -0.3 is 14.2 Å². The summed E-state index contributed by atoms with van der Waals surface area (Å²) in [5, 5.41) is 11.4. The van der Waals surface area contributed by atoms with E-state index in [0.29, 0.717) is 41.1 Å². The van der Waals surface area contributed by atoms with Gasteiger partial charge in [-0.1, -0.05) is 82.4 Å². The third-order valence-electron chi connectivity index (χ3n) is 7.95. The van der Waals surface area contributed by atoms with Gasteiger partial charge in [0.25, 0.3) is 0 Å². The first-order valence-electron chi connectivity index (χ1n) is 12.9. The lowest BCUT2D eigenvalue weighted by molar-refractivity contribution is -0.0153. The van der Waals surface area contributed by atoms with E-state index in [2.05, 4.69) is 57.5 Å². The van der Waals surface area contributed by atoms with Crippen molar-refractivity contribution in [2.75, 3.05) is 0 Å². The number of aliphatic hydroxyl groups excluding tert-OH is 1. The molecule has 0 amide bonds. The molecule has 0 saturated heterocycles. The summed E-state index contributed by atoms with van der Waals surface area (Å²) in [5.41, 5.74) is 0.580. The van der Waals surface area contributed by atoms with E-state index in [1.165, 1.54) is 12.8 Å². The lowest BCUT2D eigenvalue weighted by Gasteiger charge is -2.42. The Bertz CT molecular complexity index is 758. The Labute approximate surface area is 209 Å². The van der Waals surface area contributed by atoms with Crippen LogP contribution in [0.4, 0.5) is 0 Å². The maximum absolute atomic E-state index is 14.6. The van der Waals surface area contributed by atoms with Crippen LogP contribution in [0.1, 0.15) is 91.5 Å². The average Bonchev–Trinajstić information content (AvgIpc) is 2.73. The zero-order valence-corrected chi connectivity index (χ0v) is 23.7. The number of hydrogen-bond donors (Lipinski definition) is 1. The van der Waals surface area contributed by atoms with Gasteiger partial charge in [-0.05, 0) is 78.9 Å². The summed E-state index contributed by atoms with van der Waals surface area (Å²) < 4.78 is 28.5. The van der Waals surface area contributed by atoms with Gasteiger partial charge in [-0.2, -0.15) is 0 Å². The van der Waals surface area contributed by atoms with Crippen LogP contribution < -0.4 is 0 Å². The fourth-order valence-electron chi connectivity index (χ4n) is 5.81. The Kier molecular flexibility index (Phi) is 9.71. The first-order chi connectivity index (χ1) is 15.5. The summed E-state index contributed by atoms with van der Waals surface area (Å²) in [5.74, 6) is 1.24. The van der Waals surface area contributed by atoms with Crippen molar-refractivity contribution in [1.82, 2.24) is 0 Å². The summed E-state index contributed by atoms with van der Waals surface area (Å²) in [7, 11) is -3.85. The van der Waals surface area contributed by atoms with Gasteiger partial charge in [-0.25, -0.2) is 0 Å². The molecule has 8 atom stereocenters. The highest BCUT2D eigenvalue weighted by Crippen LogP contribution is 2.64. The Morgan fingerprint density at radius 3 is 1.67 bits per heavy atom. The SMILES string of the molecule is CC(C)[C@H]1CC[C@H](C)C[C@H]1OP(=O)(O[C@@H]1C[C@H](C)CC[C@H]1C(C)C)[C@H](O)c1ccc(Br)cc1. The topological polar surface area (TPSA) is 55.8 Å². The van der Waals surface area contributed by atoms with Gasteiger partial charge in [0.2, 0.25) is 0 Å². The highest BCUT2D eigenvalue weighted by Gasteiger charge is 2.46. The molecule has 0 aliphatic heterocycles. The predicted molar refractivity (Wildman–Crippen MR) is 139 cm³/mol. The molecule has 0 heterocycles. The largest absolute Gasteiger partial charge is 0.376 e. The van der Waals surface area contributed by atoms with Gasteiger partial charge in [0.05, 0.1) is 12.2 Å². The molecular formula is C27H44BrO4P. The van der Waals surface area contributed by atoms with Gasteiger partial charge in [0.1, 0.15) is 0 Å². The van der Waals surface area contributed by atoms with Crippen LogP contribution in [-0.4, -0.2) is 17.3 Å². The van der Waals surface area contributed by atoms with Crippen LogP contribution in [0.25, 0.3) is 0 Å². The molecule has 0 radical (unpaired) electrons. The van der Waals surface area contributed by atoms with Crippen molar-refractivity contribution in [2.24, 2.45) is 35.5 Å². The molecule has 1 aromatic rings. The quantitative estimate of drug-likeness (QED) is 0.334. The zero-order chi connectivity index (χ0) is 24.3. The van der Waals surface area contributed by atoms with Crippen LogP contribution in [0, 0.1) is 35.5 Å². The molecule has 1 unspecified atom stereocenters. The van der Waals surface area contributed by atoms with E-state index in [1.807, 2.05) is 12.1 Å². The van der Waals surface area contributed by atoms with Gasteiger partial charge in [-0.3, -0.25) is 4.57 Å². The average molecular weight is 544 g/mol. The number of rotatable bonds is 8. The van der Waals surface area contributed by atoms with Crippen molar-refractivity contribution in [3.05, 3.63) is 34.3 Å². The van der Waals surface area contributed by atoms with E-state index in [4.69, 9.17) is 9.05 Å². The summed E-state index contributed by atoms with van der Waals surface area (Å²) in [6.45, 7) is 13.3. The fourth-order valence-corrected chi connectivity index (χ4v) is 8.13. The molecule has 4 nitrogen and oxygen atoms in total.